The number of likely N-dealkylation sites (N-methyl/N-ethyl adjacent to an activating group) is 1. The molecule has 4 N–H and O–H groups in total. The summed E-state index contributed by atoms with van der Waals surface area (Å²) < 4.78 is 17.6. The van der Waals surface area contributed by atoms with Crippen LogP contribution in [0.2, 0.25) is 0 Å². The first-order chi connectivity index (χ1) is 25.0. The largest absolute Gasteiger partial charge is 0.444 e. The van der Waals surface area contributed by atoms with E-state index in [1.165, 1.54) is 9.80 Å². The number of benzene rings is 1. The molecule has 16 heteroatoms. The highest BCUT2D eigenvalue weighted by Crippen LogP contribution is 2.38. The van der Waals surface area contributed by atoms with Gasteiger partial charge in [-0.15, -0.1) is 0 Å². The molecule has 6 amide bonds. The minimum atomic E-state index is -1.31. The molecule has 0 saturated carbocycles. The lowest BCUT2D eigenvalue weighted by molar-refractivity contribution is -0.171. The van der Waals surface area contributed by atoms with E-state index in [-0.39, 0.29) is 13.0 Å². The van der Waals surface area contributed by atoms with E-state index < -0.39 is 101 Å². The van der Waals surface area contributed by atoms with Crippen LogP contribution in [0.4, 0.5) is 4.79 Å². The van der Waals surface area contributed by atoms with Crippen LogP contribution in [-0.2, 0) is 43.0 Å². The Hall–Kier alpha value is -4.57. The molecule has 2 heterocycles. The van der Waals surface area contributed by atoms with Gasteiger partial charge in [0.15, 0.2) is 5.79 Å². The molecule has 16 nitrogen and oxygen atoms in total. The fourth-order valence-corrected chi connectivity index (χ4v) is 6.26. The van der Waals surface area contributed by atoms with Crippen molar-refractivity contribution >= 4 is 41.4 Å². The van der Waals surface area contributed by atoms with E-state index >= 15 is 0 Å². The molecule has 0 aliphatic carbocycles. The van der Waals surface area contributed by atoms with Crippen molar-refractivity contribution in [2.75, 3.05) is 27.2 Å². The number of carbonyl (C=O) groups is 7. The zero-order chi connectivity index (χ0) is 40.8. The number of hydrogen-bond donors (Lipinski definition) is 4. The number of nitrogens with zero attached hydrogens (tertiary/aromatic N) is 2. The SMILES string of the molecule is CCCC[C@@H](NC(=O)C1[C@H]2OC(C)(C)O[C@H]2CN1C(=O)[C@@H](NC(=O)OC(C)(C)C)C(C)(C)C)C(=O)C(=O)NCC(=O)NC(C(=O)N(C)C)c1ccccc1. The van der Waals surface area contributed by atoms with Gasteiger partial charge < -0.3 is 45.3 Å². The van der Waals surface area contributed by atoms with Crippen LogP contribution < -0.4 is 21.3 Å². The first-order valence-corrected chi connectivity index (χ1v) is 18.3. The van der Waals surface area contributed by atoms with Gasteiger partial charge >= 0.3 is 6.09 Å². The summed E-state index contributed by atoms with van der Waals surface area (Å²) in [6.45, 7) is 14.9. The number of carbonyl (C=O) groups excluding carboxylic acids is 7. The van der Waals surface area contributed by atoms with Crippen LogP contribution in [-0.4, -0.2) is 120 Å². The number of fused-ring (bicyclic) bond motifs is 1. The van der Waals surface area contributed by atoms with E-state index in [4.69, 9.17) is 14.2 Å². The Bertz CT molecular complexity index is 1550. The number of nitrogens with one attached hydrogen (secondary N) is 4. The van der Waals surface area contributed by atoms with Crippen molar-refractivity contribution in [3.8, 4) is 0 Å². The number of unbranched alkanes of at least 4 members (excludes halogenated alkanes) is 1. The second-order valence-electron chi connectivity index (χ2n) is 16.4. The minimum absolute atomic E-state index is 0.0446. The number of hydrogen-bond acceptors (Lipinski definition) is 10. The van der Waals surface area contributed by atoms with Gasteiger partial charge in [-0.25, -0.2) is 4.79 Å². The maximum atomic E-state index is 14.3. The van der Waals surface area contributed by atoms with E-state index in [0.29, 0.717) is 18.4 Å². The van der Waals surface area contributed by atoms with Gasteiger partial charge in [-0.3, -0.25) is 28.8 Å². The molecule has 1 aromatic rings. The molecular weight excluding hydrogens is 700 g/mol. The van der Waals surface area contributed by atoms with Gasteiger partial charge in [0, 0.05) is 14.1 Å². The lowest BCUT2D eigenvalue weighted by atomic mass is 9.85. The van der Waals surface area contributed by atoms with Gasteiger partial charge in [0.2, 0.25) is 29.4 Å². The molecular formula is C38H58N6O10. The molecule has 2 saturated heterocycles. The summed E-state index contributed by atoms with van der Waals surface area (Å²) in [5, 5.41) is 10.3. The summed E-state index contributed by atoms with van der Waals surface area (Å²) in [7, 11) is 3.10. The van der Waals surface area contributed by atoms with Gasteiger partial charge in [-0.05, 0) is 52.0 Å². The summed E-state index contributed by atoms with van der Waals surface area (Å²) in [4.78, 5) is 96.4. The van der Waals surface area contributed by atoms with Crippen LogP contribution in [0.15, 0.2) is 30.3 Å². The zero-order valence-corrected chi connectivity index (χ0v) is 33.4. The average Bonchev–Trinajstić information content (AvgIpc) is 3.56. The lowest BCUT2D eigenvalue weighted by Crippen LogP contribution is -2.61. The predicted molar refractivity (Wildman–Crippen MR) is 197 cm³/mol. The van der Waals surface area contributed by atoms with E-state index in [0.717, 1.165) is 0 Å². The highest BCUT2D eigenvalue weighted by atomic mass is 16.8. The first kappa shape index (κ1) is 43.8. The van der Waals surface area contributed by atoms with Gasteiger partial charge in [0.25, 0.3) is 5.91 Å². The maximum absolute atomic E-state index is 14.3. The topological polar surface area (TPSA) is 202 Å². The fourth-order valence-electron chi connectivity index (χ4n) is 6.26. The van der Waals surface area contributed by atoms with E-state index in [2.05, 4.69) is 21.3 Å². The highest BCUT2D eigenvalue weighted by Gasteiger charge is 2.58. The second-order valence-corrected chi connectivity index (χ2v) is 16.4. The molecule has 54 heavy (non-hydrogen) atoms. The summed E-state index contributed by atoms with van der Waals surface area (Å²) in [6.07, 6.45) is -1.24. The second kappa shape index (κ2) is 17.7. The van der Waals surface area contributed by atoms with Crippen LogP contribution in [0.25, 0.3) is 0 Å². The third-order valence-corrected chi connectivity index (χ3v) is 8.81. The van der Waals surface area contributed by atoms with Gasteiger partial charge in [-0.1, -0.05) is 70.9 Å². The Morgan fingerprint density at radius 3 is 2.13 bits per heavy atom. The van der Waals surface area contributed by atoms with Crippen molar-refractivity contribution in [3.05, 3.63) is 35.9 Å². The normalized spacial score (nSPS) is 20.8. The van der Waals surface area contributed by atoms with Crippen molar-refractivity contribution in [1.29, 1.82) is 0 Å². The summed E-state index contributed by atoms with van der Waals surface area (Å²) in [5.74, 6) is -5.63. The maximum Gasteiger partial charge on any atom is 0.408 e. The Labute approximate surface area is 317 Å². The Morgan fingerprint density at radius 1 is 0.944 bits per heavy atom. The molecule has 1 aromatic carbocycles. The van der Waals surface area contributed by atoms with Crippen LogP contribution in [0.5, 0.6) is 0 Å². The molecule has 2 fully saturated rings. The fraction of sp³-hybridized carbons (Fsp3) is 0.658. The molecule has 0 spiro atoms. The van der Waals surface area contributed by atoms with E-state index in [9.17, 15) is 33.6 Å². The number of Topliss-reactive ketones (excluding diaryl/α,β-unsaturated/α-hetero) is 1. The Morgan fingerprint density at radius 2 is 1.57 bits per heavy atom. The van der Waals surface area contributed by atoms with Crippen molar-refractivity contribution in [2.45, 2.75) is 129 Å². The number of likely N-dealkylation sites (tertiary alicyclic amines) is 1. The smallest absolute Gasteiger partial charge is 0.408 e. The third kappa shape index (κ3) is 11.7. The Balaban J connectivity index is 1.80. The number of ether oxygens (including phenoxy) is 3. The van der Waals surface area contributed by atoms with Crippen molar-refractivity contribution in [3.63, 3.8) is 0 Å². The molecule has 0 bridgehead atoms. The monoisotopic (exact) mass is 758 g/mol. The molecule has 6 atom stereocenters. The molecule has 300 valence electrons. The third-order valence-electron chi connectivity index (χ3n) is 8.81. The molecule has 3 rings (SSSR count). The molecule has 0 aromatic heterocycles. The van der Waals surface area contributed by atoms with Crippen LogP contribution in [0, 0.1) is 5.41 Å². The standard InChI is InChI=1S/C38H58N6O10/c1-12-13-19-23(28(46)32(48)39-20-25(45)41-26(33(49)43(10)11)22-17-15-14-16-18-22)40-31(47)27-29-24(52-38(8,9)53-29)21-44(27)34(50)30(36(2,3)4)42-35(51)54-37(5,6)7/h14-18,23-24,26-27,29-30H,12-13,19-21H2,1-11H3,(H,39,48)(H,40,47)(H,41,45)(H,42,51)/t23-,24+,26?,27?,29+,30-/m1/s1. The average molecular weight is 759 g/mol. The lowest BCUT2D eigenvalue weighted by Gasteiger charge is -2.37. The van der Waals surface area contributed by atoms with Crippen LogP contribution in [0.1, 0.15) is 93.2 Å². The molecule has 0 radical (unpaired) electrons. The first-order valence-electron chi connectivity index (χ1n) is 18.3. The summed E-state index contributed by atoms with van der Waals surface area (Å²) in [6, 6.07) is 3.83. The number of ketones is 1. The summed E-state index contributed by atoms with van der Waals surface area (Å²) >= 11 is 0. The minimum Gasteiger partial charge on any atom is -0.444 e. The summed E-state index contributed by atoms with van der Waals surface area (Å²) in [5.41, 5.74) is -1.12. The van der Waals surface area contributed by atoms with E-state index in [1.807, 2.05) is 6.92 Å². The van der Waals surface area contributed by atoms with Crippen LogP contribution in [0.3, 0.4) is 0 Å². The molecule has 2 aliphatic rings. The van der Waals surface area contributed by atoms with Crippen molar-refractivity contribution in [2.24, 2.45) is 5.41 Å². The number of amides is 6. The van der Waals surface area contributed by atoms with Crippen LogP contribution >= 0.6 is 0 Å². The van der Waals surface area contributed by atoms with Gasteiger partial charge in [0.05, 0.1) is 19.1 Å². The quantitative estimate of drug-likeness (QED) is 0.203. The number of rotatable bonds is 14. The zero-order valence-electron chi connectivity index (χ0n) is 33.4. The predicted octanol–water partition coefficient (Wildman–Crippen LogP) is 1.96. The van der Waals surface area contributed by atoms with E-state index in [1.54, 1.807) is 99.8 Å². The van der Waals surface area contributed by atoms with Gasteiger partial charge in [0.1, 0.15) is 35.9 Å². The Kier molecular flexibility index (Phi) is 14.4. The highest BCUT2D eigenvalue weighted by molar-refractivity contribution is 6.38. The number of alkyl carbamates (subject to hydrolysis) is 1. The van der Waals surface area contributed by atoms with Crippen molar-refractivity contribution < 1.29 is 47.8 Å². The molecule has 2 unspecified atom stereocenters. The van der Waals surface area contributed by atoms with Gasteiger partial charge in [-0.2, -0.15) is 0 Å². The molecule has 2 aliphatic heterocycles. The van der Waals surface area contributed by atoms with Crippen molar-refractivity contribution in [1.82, 2.24) is 31.1 Å².